The number of aryl methyl sites for hydroxylation is 1. The van der Waals surface area contributed by atoms with Crippen LogP contribution in [0.4, 0.5) is 17.2 Å². The number of nitrogens with one attached hydrogen (secondary N) is 1. The smallest absolute Gasteiger partial charge is 0.154 e. The highest BCUT2D eigenvalue weighted by Crippen LogP contribution is 2.32. The van der Waals surface area contributed by atoms with Gasteiger partial charge in [0, 0.05) is 5.69 Å². The van der Waals surface area contributed by atoms with E-state index in [4.69, 9.17) is 15.7 Å². The summed E-state index contributed by atoms with van der Waals surface area (Å²) in [6.07, 6.45) is 0. The number of aromatic nitrogens is 1. The van der Waals surface area contributed by atoms with Crippen molar-refractivity contribution in [3.05, 3.63) is 41.6 Å². The summed E-state index contributed by atoms with van der Waals surface area (Å²) in [7, 11) is 1.55. The number of pyridine rings is 1. The van der Waals surface area contributed by atoms with Crippen molar-refractivity contribution in [1.82, 2.24) is 4.98 Å². The molecule has 2 rings (SSSR count). The van der Waals surface area contributed by atoms with E-state index < -0.39 is 0 Å². The molecule has 0 fully saturated rings. The predicted octanol–water partition coefficient (Wildman–Crippen LogP) is 2.60. The van der Waals surface area contributed by atoms with Crippen LogP contribution in [0.3, 0.4) is 0 Å². The van der Waals surface area contributed by atoms with Gasteiger partial charge in [-0.25, -0.2) is 4.98 Å². The molecule has 1 heterocycles. The molecule has 96 valence electrons. The van der Waals surface area contributed by atoms with Gasteiger partial charge in [-0.05, 0) is 31.2 Å². The van der Waals surface area contributed by atoms with Crippen LogP contribution in [0.2, 0.25) is 0 Å². The Hall–Kier alpha value is -2.74. The quantitative estimate of drug-likeness (QED) is 0.879. The lowest BCUT2D eigenvalue weighted by molar-refractivity contribution is 0.416. The fourth-order valence-corrected chi connectivity index (χ4v) is 1.71. The van der Waals surface area contributed by atoms with Crippen LogP contribution in [0.5, 0.6) is 5.75 Å². The normalized spacial score (nSPS) is 9.74. The standard InChI is InChI=1S/C14H14N4O/c1-9-6-7-11(16)14(17-9)18-13-10(8-15)4-3-5-12(13)19-2/h3-7H,16H2,1-2H3,(H,17,18). The van der Waals surface area contributed by atoms with Crippen LogP contribution in [0, 0.1) is 18.3 Å². The fraction of sp³-hybridized carbons (Fsp3) is 0.143. The van der Waals surface area contributed by atoms with Crippen LogP contribution < -0.4 is 15.8 Å². The molecule has 3 N–H and O–H groups in total. The van der Waals surface area contributed by atoms with E-state index >= 15 is 0 Å². The highest BCUT2D eigenvalue weighted by Gasteiger charge is 2.11. The number of nitriles is 1. The van der Waals surface area contributed by atoms with Gasteiger partial charge >= 0.3 is 0 Å². The van der Waals surface area contributed by atoms with Gasteiger partial charge in [-0.3, -0.25) is 0 Å². The number of methoxy groups -OCH3 is 1. The van der Waals surface area contributed by atoms with E-state index in [1.165, 1.54) is 0 Å². The molecule has 0 aliphatic rings. The summed E-state index contributed by atoms with van der Waals surface area (Å²) in [5, 5.41) is 12.2. The van der Waals surface area contributed by atoms with Crippen LogP contribution in [0.25, 0.3) is 0 Å². The number of para-hydroxylation sites is 1. The maximum absolute atomic E-state index is 9.14. The highest BCUT2D eigenvalue weighted by molar-refractivity contribution is 5.76. The average Bonchev–Trinajstić information content (AvgIpc) is 2.43. The minimum atomic E-state index is 0.474. The Kier molecular flexibility index (Phi) is 3.53. The lowest BCUT2D eigenvalue weighted by Gasteiger charge is -2.13. The summed E-state index contributed by atoms with van der Waals surface area (Å²) >= 11 is 0. The van der Waals surface area contributed by atoms with Gasteiger partial charge in [0.1, 0.15) is 17.5 Å². The van der Waals surface area contributed by atoms with Gasteiger partial charge in [-0.1, -0.05) is 6.07 Å². The SMILES string of the molecule is COc1cccc(C#N)c1Nc1nc(C)ccc1N. The van der Waals surface area contributed by atoms with Crippen LogP contribution in [-0.2, 0) is 0 Å². The van der Waals surface area contributed by atoms with Gasteiger partial charge in [-0.15, -0.1) is 0 Å². The second-order valence-electron chi connectivity index (χ2n) is 4.01. The number of nitrogen functional groups attached to an aromatic ring is 1. The Balaban J connectivity index is 2.48. The van der Waals surface area contributed by atoms with Gasteiger partial charge in [-0.2, -0.15) is 5.26 Å². The molecular weight excluding hydrogens is 240 g/mol. The first kappa shape index (κ1) is 12.7. The van der Waals surface area contributed by atoms with Crippen molar-refractivity contribution in [2.24, 2.45) is 0 Å². The molecular formula is C14H14N4O. The monoisotopic (exact) mass is 254 g/mol. The fourth-order valence-electron chi connectivity index (χ4n) is 1.71. The maximum Gasteiger partial charge on any atom is 0.154 e. The van der Waals surface area contributed by atoms with E-state index in [9.17, 15) is 0 Å². The van der Waals surface area contributed by atoms with Crippen LogP contribution in [0.15, 0.2) is 30.3 Å². The molecule has 5 heteroatoms. The van der Waals surface area contributed by atoms with Crippen molar-refractivity contribution in [3.63, 3.8) is 0 Å². The first-order chi connectivity index (χ1) is 9.15. The number of rotatable bonds is 3. The molecule has 1 aromatic heterocycles. The molecule has 5 nitrogen and oxygen atoms in total. The van der Waals surface area contributed by atoms with Gasteiger partial charge in [0.05, 0.1) is 18.4 Å². The molecule has 0 spiro atoms. The Morgan fingerprint density at radius 3 is 2.79 bits per heavy atom. The summed E-state index contributed by atoms with van der Waals surface area (Å²) in [6.45, 7) is 1.87. The van der Waals surface area contributed by atoms with Crippen molar-refractivity contribution >= 4 is 17.2 Å². The molecule has 0 aliphatic heterocycles. The molecule has 19 heavy (non-hydrogen) atoms. The number of anilines is 3. The summed E-state index contributed by atoms with van der Waals surface area (Å²) < 4.78 is 5.25. The number of nitrogens with zero attached hydrogens (tertiary/aromatic N) is 2. The zero-order valence-electron chi connectivity index (χ0n) is 10.8. The van der Waals surface area contributed by atoms with E-state index in [-0.39, 0.29) is 0 Å². The average molecular weight is 254 g/mol. The molecule has 2 aromatic rings. The first-order valence-corrected chi connectivity index (χ1v) is 5.73. The molecule has 0 unspecified atom stereocenters. The molecule has 0 aliphatic carbocycles. The third-order valence-corrected chi connectivity index (χ3v) is 2.68. The van der Waals surface area contributed by atoms with Gasteiger partial charge in [0.2, 0.25) is 0 Å². The Morgan fingerprint density at radius 1 is 1.32 bits per heavy atom. The van der Waals surface area contributed by atoms with E-state index in [1.807, 2.05) is 13.0 Å². The van der Waals surface area contributed by atoms with Crippen molar-refractivity contribution in [3.8, 4) is 11.8 Å². The minimum absolute atomic E-state index is 0.474. The van der Waals surface area contributed by atoms with E-state index in [1.54, 1.807) is 31.4 Å². The molecule has 0 amide bonds. The zero-order valence-corrected chi connectivity index (χ0v) is 10.8. The maximum atomic E-state index is 9.14. The minimum Gasteiger partial charge on any atom is -0.495 e. The highest BCUT2D eigenvalue weighted by atomic mass is 16.5. The van der Waals surface area contributed by atoms with Gasteiger partial charge < -0.3 is 15.8 Å². The largest absolute Gasteiger partial charge is 0.495 e. The van der Waals surface area contributed by atoms with E-state index in [2.05, 4.69) is 16.4 Å². The van der Waals surface area contributed by atoms with Crippen molar-refractivity contribution < 1.29 is 4.74 Å². The summed E-state index contributed by atoms with van der Waals surface area (Å²) in [5.74, 6) is 1.09. The zero-order chi connectivity index (χ0) is 13.8. The van der Waals surface area contributed by atoms with Crippen molar-refractivity contribution in [1.29, 1.82) is 5.26 Å². The predicted molar refractivity (Wildman–Crippen MR) is 74.4 cm³/mol. The Bertz CT molecular complexity index is 646. The lowest BCUT2D eigenvalue weighted by Crippen LogP contribution is -2.03. The number of hydrogen-bond donors (Lipinski definition) is 2. The Morgan fingerprint density at radius 2 is 2.11 bits per heavy atom. The number of ether oxygens (including phenoxy) is 1. The summed E-state index contributed by atoms with van der Waals surface area (Å²) in [5.41, 5.74) is 8.27. The van der Waals surface area contributed by atoms with Gasteiger partial charge in [0.15, 0.2) is 5.82 Å². The topological polar surface area (TPSA) is 84.0 Å². The second-order valence-corrected chi connectivity index (χ2v) is 4.01. The molecule has 0 bridgehead atoms. The van der Waals surface area contributed by atoms with E-state index in [0.717, 1.165) is 5.69 Å². The number of hydrogen-bond acceptors (Lipinski definition) is 5. The first-order valence-electron chi connectivity index (χ1n) is 5.73. The van der Waals surface area contributed by atoms with Crippen LogP contribution >= 0.6 is 0 Å². The number of benzene rings is 1. The molecule has 0 atom stereocenters. The summed E-state index contributed by atoms with van der Waals surface area (Å²) in [4.78, 5) is 4.32. The Labute approximate surface area is 111 Å². The third-order valence-electron chi connectivity index (χ3n) is 2.68. The third kappa shape index (κ3) is 2.58. The van der Waals surface area contributed by atoms with Gasteiger partial charge in [0.25, 0.3) is 0 Å². The van der Waals surface area contributed by atoms with Crippen LogP contribution in [0.1, 0.15) is 11.3 Å². The number of nitrogens with two attached hydrogens (primary N) is 1. The summed E-state index contributed by atoms with van der Waals surface area (Å²) in [6, 6.07) is 10.9. The molecule has 0 saturated carbocycles. The van der Waals surface area contributed by atoms with E-state index in [0.29, 0.717) is 28.5 Å². The second kappa shape index (κ2) is 5.27. The van der Waals surface area contributed by atoms with Crippen molar-refractivity contribution in [2.45, 2.75) is 6.92 Å². The molecule has 0 saturated heterocycles. The molecule has 0 radical (unpaired) electrons. The molecule has 1 aromatic carbocycles. The van der Waals surface area contributed by atoms with Crippen LogP contribution in [-0.4, -0.2) is 12.1 Å². The van der Waals surface area contributed by atoms with Crippen molar-refractivity contribution in [2.75, 3.05) is 18.2 Å². The lowest BCUT2D eigenvalue weighted by atomic mass is 10.1.